The maximum absolute atomic E-state index is 4.34. The van der Waals surface area contributed by atoms with Crippen LogP contribution in [-0.2, 0) is 5.41 Å². The van der Waals surface area contributed by atoms with Gasteiger partial charge >= 0.3 is 0 Å². The number of hydrogen-bond donors (Lipinski definition) is 3. The molecule has 0 spiro atoms. The summed E-state index contributed by atoms with van der Waals surface area (Å²) in [6.07, 6.45) is 3.83. The maximum atomic E-state index is 4.34. The van der Waals surface area contributed by atoms with Gasteiger partial charge in [0.2, 0.25) is 0 Å². The van der Waals surface area contributed by atoms with Gasteiger partial charge in [-0.1, -0.05) is 36.8 Å². The van der Waals surface area contributed by atoms with Gasteiger partial charge in [-0.05, 0) is 39.2 Å². The molecule has 0 bridgehead atoms. The summed E-state index contributed by atoms with van der Waals surface area (Å²) in [5.74, 6) is 0.892. The van der Waals surface area contributed by atoms with E-state index in [1.165, 1.54) is 24.8 Å². The summed E-state index contributed by atoms with van der Waals surface area (Å²) in [4.78, 5) is 4.34. The summed E-state index contributed by atoms with van der Waals surface area (Å²) in [5.41, 5.74) is 1.88. The molecule has 1 aromatic carbocycles. The monoisotopic (exact) mass is 316 g/mol. The second-order valence-electron chi connectivity index (χ2n) is 7.53. The molecule has 0 heterocycles. The molecule has 0 radical (unpaired) electrons. The Bertz CT molecular complexity index is 498. The van der Waals surface area contributed by atoms with Crippen LogP contribution < -0.4 is 16.0 Å². The van der Waals surface area contributed by atoms with Gasteiger partial charge in [-0.25, -0.2) is 0 Å². The number of guanidine groups is 1. The molecule has 3 N–H and O–H groups in total. The molecular weight excluding hydrogens is 284 g/mol. The van der Waals surface area contributed by atoms with Crippen molar-refractivity contribution in [1.29, 1.82) is 0 Å². The van der Waals surface area contributed by atoms with Crippen molar-refractivity contribution in [3.8, 4) is 0 Å². The minimum atomic E-state index is 0.155. The second kappa shape index (κ2) is 7.82. The first-order valence-corrected chi connectivity index (χ1v) is 8.70. The lowest BCUT2D eigenvalue weighted by Crippen LogP contribution is -2.50. The van der Waals surface area contributed by atoms with Crippen LogP contribution in [0.25, 0.3) is 0 Å². The first-order valence-electron chi connectivity index (χ1n) is 8.70. The Hall–Kier alpha value is -1.55. The molecular formula is C19H32N4. The summed E-state index contributed by atoms with van der Waals surface area (Å²) in [7, 11) is 1.84. The van der Waals surface area contributed by atoms with Crippen LogP contribution in [0.2, 0.25) is 0 Å². The van der Waals surface area contributed by atoms with Gasteiger partial charge in [-0.15, -0.1) is 0 Å². The summed E-state index contributed by atoms with van der Waals surface area (Å²) in [6.45, 7) is 9.29. The molecule has 128 valence electrons. The molecule has 1 fully saturated rings. The van der Waals surface area contributed by atoms with Crippen LogP contribution in [0, 0.1) is 0 Å². The highest BCUT2D eigenvalue weighted by Crippen LogP contribution is 2.43. The quantitative estimate of drug-likeness (QED) is 0.430. The van der Waals surface area contributed by atoms with Crippen LogP contribution >= 0.6 is 0 Å². The van der Waals surface area contributed by atoms with E-state index in [-0.39, 0.29) is 11.0 Å². The van der Waals surface area contributed by atoms with Crippen molar-refractivity contribution in [2.75, 3.05) is 26.7 Å². The van der Waals surface area contributed by atoms with Crippen molar-refractivity contribution in [3.05, 3.63) is 35.9 Å². The van der Waals surface area contributed by atoms with Gasteiger partial charge in [0.25, 0.3) is 0 Å². The zero-order chi connectivity index (χ0) is 16.8. The van der Waals surface area contributed by atoms with E-state index in [4.69, 9.17) is 0 Å². The van der Waals surface area contributed by atoms with Gasteiger partial charge in [0.15, 0.2) is 5.96 Å². The van der Waals surface area contributed by atoms with Gasteiger partial charge in [0, 0.05) is 37.6 Å². The van der Waals surface area contributed by atoms with Crippen molar-refractivity contribution in [3.63, 3.8) is 0 Å². The normalized spacial score (nSPS) is 17.5. The van der Waals surface area contributed by atoms with Gasteiger partial charge < -0.3 is 16.0 Å². The van der Waals surface area contributed by atoms with Crippen LogP contribution in [0.15, 0.2) is 35.3 Å². The third kappa shape index (κ3) is 5.24. The second-order valence-corrected chi connectivity index (χ2v) is 7.53. The Morgan fingerprint density at radius 2 is 1.78 bits per heavy atom. The zero-order valence-corrected chi connectivity index (χ0v) is 15.1. The van der Waals surface area contributed by atoms with Crippen LogP contribution in [0.3, 0.4) is 0 Å². The fourth-order valence-corrected chi connectivity index (χ4v) is 3.05. The lowest BCUT2D eigenvalue weighted by atomic mass is 9.64. The van der Waals surface area contributed by atoms with Crippen molar-refractivity contribution in [1.82, 2.24) is 16.0 Å². The number of rotatable bonds is 6. The molecule has 0 amide bonds. The van der Waals surface area contributed by atoms with Crippen LogP contribution in [0.4, 0.5) is 0 Å². The molecule has 1 aliphatic rings. The summed E-state index contributed by atoms with van der Waals surface area (Å²) in [5, 5.41) is 10.4. The third-order valence-corrected chi connectivity index (χ3v) is 4.59. The largest absolute Gasteiger partial charge is 0.356 e. The van der Waals surface area contributed by atoms with E-state index in [2.05, 4.69) is 72.0 Å². The van der Waals surface area contributed by atoms with Crippen molar-refractivity contribution >= 4 is 5.96 Å². The van der Waals surface area contributed by atoms with Crippen LogP contribution in [-0.4, -0.2) is 38.2 Å². The fourth-order valence-electron chi connectivity index (χ4n) is 3.05. The Morgan fingerprint density at radius 1 is 1.09 bits per heavy atom. The van der Waals surface area contributed by atoms with Crippen LogP contribution in [0.5, 0.6) is 0 Å². The van der Waals surface area contributed by atoms with E-state index in [1.54, 1.807) is 0 Å². The molecule has 0 aliphatic heterocycles. The van der Waals surface area contributed by atoms with Crippen molar-refractivity contribution in [2.45, 2.75) is 51.0 Å². The summed E-state index contributed by atoms with van der Waals surface area (Å²) < 4.78 is 0. The lowest BCUT2D eigenvalue weighted by molar-refractivity contribution is 0.244. The molecule has 1 aromatic rings. The van der Waals surface area contributed by atoms with E-state index in [1.807, 2.05) is 7.05 Å². The average molecular weight is 316 g/mol. The Kier molecular flexibility index (Phi) is 6.05. The topological polar surface area (TPSA) is 48.5 Å². The average Bonchev–Trinajstić information content (AvgIpc) is 2.48. The molecule has 4 heteroatoms. The minimum absolute atomic E-state index is 0.155. The van der Waals surface area contributed by atoms with E-state index in [0.717, 1.165) is 25.6 Å². The number of aliphatic imine (C=N–C) groups is 1. The lowest BCUT2D eigenvalue weighted by Gasteiger charge is -2.43. The zero-order valence-electron chi connectivity index (χ0n) is 15.1. The van der Waals surface area contributed by atoms with Gasteiger partial charge in [0.1, 0.15) is 0 Å². The maximum Gasteiger partial charge on any atom is 0.191 e. The first-order chi connectivity index (χ1) is 11.0. The number of nitrogens with zero attached hydrogens (tertiary/aromatic N) is 1. The SMILES string of the molecule is CN=C(NCCNC(C)(C)C)NCC1(c2ccccc2)CCC1. The molecule has 4 nitrogen and oxygen atoms in total. The molecule has 2 rings (SSSR count). The molecule has 0 saturated heterocycles. The van der Waals surface area contributed by atoms with E-state index < -0.39 is 0 Å². The van der Waals surface area contributed by atoms with E-state index in [9.17, 15) is 0 Å². The van der Waals surface area contributed by atoms with Crippen molar-refractivity contribution in [2.24, 2.45) is 4.99 Å². The molecule has 1 saturated carbocycles. The van der Waals surface area contributed by atoms with Gasteiger partial charge in [-0.3, -0.25) is 4.99 Å². The van der Waals surface area contributed by atoms with Gasteiger partial charge in [-0.2, -0.15) is 0 Å². The predicted molar refractivity (Wildman–Crippen MR) is 99.1 cm³/mol. The summed E-state index contributed by atoms with van der Waals surface area (Å²) >= 11 is 0. The predicted octanol–water partition coefficient (Wildman–Crippen LogP) is 2.66. The molecule has 23 heavy (non-hydrogen) atoms. The highest BCUT2D eigenvalue weighted by molar-refractivity contribution is 5.79. The molecule has 0 atom stereocenters. The highest BCUT2D eigenvalue weighted by atomic mass is 15.2. The number of benzene rings is 1. The smallest absolute Gasteiger partial charge is 0.191 e. The number of nitrogens with one attached hydrogen (secondary N) is 3. The Balaban J connectivity index is 1.81. The highest BCUT2D eigenvalue weighted by Gasteiger charge is 2.38. The van der Waals surface area contributed by atoms with Crippen LogP contribution in [0.1, 0.15) is 45.6 Å². The third-order valence-electron chi connectivity index (χ3n) is 4.59. The standard InChI is InChI=1S/C19H32N4/c1-18(2,3)23-14-13-21-17(20-4)22-15-19(11-8-12-19)16-9-6-5-7-10-16/h5-7,9-10,23H,8,11-15H2,1-4H3,(H2,20,21,22). The molecule has 0 aromatic heterocycles. The summed E-state index contributed by atoms with van der Waals surface area (Å²) in [6, 6.07) is 10.9. The van der Waals surface area contributed by atoms with E-state index in [0.29, 0.717) is 0 Å². The van der Waals surface area contributed by atoms with Gasteiger partial charge in [0.05, 0.1) is 0 Å². The fraction of sp³-hybridized carbons (Fsp3) is 0.632. The first kappa shape index (κ1) is 17.8. The van der Waals surface area contributed by atoms with Crippen molar-refractivity contribution < 1.29 is 0 Å². The van der Waals surface area contributed by atoms with E-state index >= 15 is 0 Å². The number of hydrogen-bond acceptors (Lipinski definition) is 2. The Labute approximate surface area is 141 Å². The minimum Gasteiger partial charge on any atom is -0.356 e. The molecule has 0 unspecified atom stereocenters. The Morgan fingerprint density at radius 3 is 2.30 bits per heavy atom. The molecule has 1 aliphatic carbocycles.